The van der Waals surface area contributed by atoms with Crippen LogP contribution in [-0.4, -0.2) is 17.5 Å². The van der Waals surface area contributed by atoms with Gasteiger partial charge < -0.3 is 10.1 Å². The maximum absolute atomic E-state index is 12.1. The smallest absolute Gasteiger partial charge is 0.338 e. The van der Waals surface area contributed by atoms with E-state index in [1.807, 2.05) is 24.3 Å². The topological polar surface area (TPSA) is 81.5 Å². The second-order valence-corrected chi connectivity index (χ2v) is 6.85. The van der Waals surface area contributed by atoms with E-state index in [4.69, 9.17) is 4.74 Å². The number of carbonyl (C=O) groups excluding carboxylic acids is 1. The van der Waals surface area contributed by atoms with Crippen LogP contribution in [0.25, 0.3) is 0 Å². The van der Waals surface area contributed by atoms with Crippen molar-refractivity contribution in [3.05, 3.63) is 81.4 Å². The molecule has 0 radical (unpaired) electrons. The van der Waals surface area contributed by atoms with E-state index in [1.165, 1.54) is 0 Å². The van der Waals surface area contributed by atoms with Crippen LogP contribution in [0.2, 0.25) is 0 Å². The standard InChI is InChI=1S/C21H20N2O4/c1-2-27-21(24)14-8-11-19-18(12-14)16-4-3-5-17(16)20(22-19)13-6-9-15(10-7-13)23(25)26/h3-4,6-12,16-17,20,22H,2,5H2,1H3/t16-,17+,20-/m0/s1. The van der Waals surface area contributed by atoms with Crippen molar-refractivity contribution in [1.29, 1.82) is 0 Å². The molecule has 1 heterocycles. The molecule has 0 fully saturated rings. The molecule has 0 unspecified atom stereocenters. The molecular formula is C21H20N2O4. The van der Waals surface area contributed by atoms with Crippen LogP contribution < -0.4 is 5.32 Å². The molecule has 1 N–H and O–H groups in total. The Kier molecular flexibility index (Phi) is 4.39. The second-order valence-electron chi connectivity index (χ2n) is 6.85. The highest BCUT2D eigenvalue weighted by atomic mass is 16.6. The van der Waals surface area contributed by atoms with E-state index < -0.39 is 0 Å². The number of carbonyl (C=O) groups is 1. The van der Waals surface area contributed by atoms with Gasteiger partial charge in [0.2, 0.25) is 0 Å². The summed E-state index contributed by atoms with van der Waals surface area (Å²) in [5.41, 5.74) is 3.76. The molecule has 0 bridgehead atoms. The Balaban J connectivity index is 1.68. The van der Waals surface area contributed by atoms with Crippen LogP contribution >= 0.6 is 0 Å². The Morgan fingerprint density at radius 3 is 2.74 bits per heavy atom. The largest absolute Gasteiger partial charge is 0.462 e. The zero-order valence-corrected chi connectivity index (χ0v) is 14.9. The van der Waals surface area contributed by atoms with E-state index in [-0.39, 0.29) is 28.5 Å². The van der Waals surface area contributed by atoms with Gasteiger partial charge in [-0.25, -0.2) is 4.79 Å². The van der Waals surface area contributed by atoms with Gasteiger partial charge in [0.25, 0.3) is 5.69 Å². The lowest BCUT2D eigenvalue weighted by molar-refractivity contribution is -0.384. The number of nitrogens with one attached hydrogen (secondary N) is 1. The molecule has 4 rings (SSSR count). The number of anilines is 1. The minimum absolute atomic E-state index is 0.0618. The van der Waals surface area contributed by atoms with E-state index in [9.17, 15) is 14.9 Å². The molecule has 0 amide bonds. The van der Waals surface area contributed by atoms with Gasteiger partial charge in [0.05, 0.1) is 23.1 Å². The molecule has 3 atom stereocenters. The fraction of sp³-hybridized carbons (Fsp3) is 0.286. The Hall–Kier alpha value is -3.15. The molecular weight excluding hydrogens is 344 g/mol. The third-order valence-corrected chi connectivity index (χ3v) is 5.34. The lowest BCUT2D eigenvalue weighted by atomic mass is 9.76. The van der Waals surface area contributed by atoms with Crippen molar-refractivity contribution in [2.75, 3.05) is 11.9 Å². The number of benzene rings is 2. The Morgan fingerprint density at radius 2 is 2.04 bits per heavy atom. The number of esters is 1. The first-order valence-electron chi connectivity index (χ1n) is 9.07. The van der Waals surface area contributed by atoms with E-state index in [0.29, 0.717) is 18.1 Å². The number of hydrogen-bond donors (Lipinski definition) is 1. The predicted molar refractivity (Wildman–Crippen MR) is 102 cm³/mol. The van der Waals surface area contributed by atoms with Crippen molar-refractivity contribution in [2.45, 2.75) is 25.3 Å². The molecule has 1 aliphatic heterocycles. The van der Waals surface area contributed by atoms with E-state index >= 15 is 0 Å². The highest BCUT2D eigenvalue weighted by Crippen LogP contribution is 2.50. The minimum atomic E-state index is -0.385. The maximum atomic E-state index is 12.1. The van der Waals surface area contributed by atoms with Gasteiger partial charge in [0, 0.05) is 23.7 Å². The molecule has 2 aromatic rings. The summed E-state index contributed by atoms with van der Waals surface area (Å²) < 4.78 is 5.12. The first-order chi connectivity index (χ1) is 13.1. The predicted octanol–water partition coefficient (Wildman–Crippen LogP) is 4.60. The summed E-state index contributed by atoms with van der Waals surface area (Å²) in [6.45, 7) is 2.14. The van der Waals surface area contributed by atoms with E-state index in [2.05, 4.69) is 17.5 Å². The van der Waals surface area contributed by atoms with Crippen LogP contribution in [0.1, 0.15) is 46.8 Å². The van der Waals surface area contributed by atoms with Gasteiger partial charge in [0.1, 0.15) is 0 Å². The molecule has 27 heavy (non-hydrogen) atoms. The number of nitro benzene ring substituents is 1. The summed E-state index contributed by atoms with van der Waals surface area (Å²) in [5.74, 6) is 0.198. The van der Waals surface area contributed by atoms with Gasteiger partial charge >= 0.3 is 5.97 Å². The highest BCUT2D eigenvalue weighted by molar-refractivity contribution is 5.90. The molecule has 0 spiro atoms. The summed E-state index contributed by atoms with van der Waals surface area (Å²) in [6.07, 6.45) is 5.28. The van der Waals surface area contributed by atoms with E-state index in [0.717, 1.165) is 23.2 Å². The van der Waals surface area contributed by atoms with Gasteiger partial charge in [-0.05, 0) is 48.6 Å². The first kappa shape index (κ1) is 17.3. The fourth-order valence-corrected chi connectivity index (χ4v) is 4.07. The summed E-state index contributed by atoms with van der Waals surface area (Å²) in [4.78, 5) is 22.6. The molecule has 6 heteroatoms. The quantitative estimate of drug-likeness (QED) is 0.371. The Bertz CT molecular complexity index is 920. The Labute approximate surface area is 157 Å². The third kappa shape index (κ3) is 3.07. The number of non-ortho nitro benzene ring substituents is 1. The average Bonchev–Trinajstić information content (AvgIpc) is 3.17. The minimum Gasteiger partial charge on any atom is -0.462 e. The molecule has 2 aromatic carbocycles. The SMILES string of the molecule is CCOC(=O)c1ccc2c(c1)[C@H]1C=CC[C@H]1[C@H](c1ccc([N+](=O)[O-])cc1)N2. The summed E-state index contributed by atoms with van der Waals surface area (Å²) in [7, 11) is 0. The molecule has 6 nitrogen and oxygen atoms in total. The van der Waals surface area contributed by atoms with Gasteiger partial charge in [-0.2, -0.15) is 0 Å². The van der Waals surface area contributed by atoms with Crippen LogP contribution in [0.3, 0.4) is 0 Å². The summed E-state index contributed by atoms with van der Waals surface area (Å²) in [5, 5.41) is 14.5. The number of hydrogen-bond acceptors (Lipinski definition) is 5. The number of fused-ring (bicyclic) bond motifs is 3. The number of ether oxygens (including phenoxy) is 1. The monoisotopic (exact) mass is 364 g/mol. The maximum Gasteiger partial charge on any atom is 0.338 e. The average molecular weight is 364 g/mol. The van der Waals surface area contributed by atoms with Gasteiger partial charge in [-0.1, -0.05) is 24.3 Å². The van der Waals surface area contributed by atoms with Gasteiger partial charge in [-0.3, -0.25) is 10.1 Å². The molecule has 2 aliphatic rings. The van der Waals surface area contributed by atoms with Crippen LogP contribution in [0.5, 0.6) is 0 Å². The van der Waals surface area contributed by atoms with Gasteiger partial charge in [-0.15, -0.1) is 0 Å². The number of allylic oxidation sites excluding steroid dienone is 2. The summed E-state index contributed by atoms with van der Waals surface area (Å²) >= 11 is 0. The molecule has 0 saturated heterocycles. The third-order valence-electron chi connectivity index (χ3n) is 5.34. The van der Waals surface area contributed by atoms with Crippen LogP contribution in [-0.2, 0) is 4.74 Å². The first-order valence-corrected chi connectivity index (χ1v) is 9.07. The lowest BCUT2D eigenvalue weighted by Crippen LogP contribution is -2.29. The van der Waals surface area contributed by atoms with Crippen molar-refractivity contribution in [3.63, 3.8) is 0 Å². The molecule has 138 valence electrons. The molecule has 1 aliphatic carbocycles. The van der Waals surface area contributed by atoms with Crippen molar-refractivity contribution < 1.29 is 14.5 Å². The number of nitro groups is 1. The fourth-order valence-electron chi connectivity index (χ4n) is 4.07. The zero-order valence-electron chi connectivity index (χ0n) is 14.9. The second kappa shape index (κ2) is 6.87. The Morgan fingerprint density at radius 1 is 1.26 bits per heavy atom. The molecule has 0 saturated carbocycles. The van der Waals surface area contributed by atoms with Gasteiger partial charge in [0.15, 0.2) is 0 Å². The number of rotatable bonds is 4. The van der Waals surface area contributed by atoms with Crippen LogP contribution in [0.15, 0.2) is 54.6 Å². The number of nitrogens with zero attached hydrogens (tertiary/aromatic N) is 1. The zero-order chi connectivity index (χ0) is 19.0. The van der Waals surface area contributed by atoms with Crippen LogP contribution in [0.4, 0.5) is 11.4 Å². The van der Waals surface area contributed by atoms with Crippen molar-refractivity contribution in [1.82, 2.24) is 0 Å². The normalized spacial score (nSPS) is 22.5. The van der Waals surface area contributed by atoms with Crippen LogP contribution in [0, 0.1) is 16.0 Å². The summed E-state index contributed by atoms with van der Waals surface area (Å²) in [6, 6.07) is 12.4. The lowest BCUT2D eigenvalue weighted by Gasteiger charge is -2.37. The molecule has 0 aromatic heterocycles. The highest BCUT2D eigenvalue weighted by Gasteiger charge is 2.38. The van der Waals surface area contributed by atoms with Crippen molar-refractivity contribution in [3.8, 4) is 0 Å². The van der Waals surface area contributed by atoms with Crippen molar-refractivity contribution >= 4 is 17.3 Å². The van der Waals surface area contributed by atoms with Crippen molar-refractivity contribution in [2.24, 2.45) is 5.92 Å². The van der Waals surface area contributed by atoms with E-state index in [1.54, 1.807) is 25.1 Å².